The molecule has 2 heterocycles. The maximum atomic E-state index is 4.10. The number of hydrogen-bond donors (Lipinski definition) is 1. The van der Waals surface area contributed by atoms with Gasteiger partial charge in [-0.2, -0.15) is 0 Å². The number of hydrogen-bond acceptors (Lipinski definition) is 3. The molecule has 3 rings (SSSR count). The second-order valence-electron chi connectivity index (χ2n) is 5.44. The Kier molecular flexibility index (Phi) is 4.09. The third-order valence-electron chi connectivity index (χ3n) is 4.04. The lowest BCUT2D eigenvalue weighted by molar-refractivity contribution is 0.161. The average Bonchev–Trinajstić information content (AvgIpc) is 2.49. The van der Waals surface area contributed by atoms with Crippen molar-refractivity contribution in [1.82, 2.24) is 15.2 Å². The van der Waals surface area contributed by atoms with Crippen LogP contribution >= 0.6 is 0 Å². The first kappa shape index (κ1) is 13.3. The second kappa shape index (κ2) is 6.16. The van der Waals surface area contributed by atoms with Crippen LogP contribution in [-0.2, 0) is 19.5 Å². The Morgan fingerprint density at radius 3 is 2.65 bits per heavy atom. The molecule has 0 saturated heterocycles. The molecule has 1 unspecified atom stereocenters. The summed E-state index contributed by atoms with van der Waals surface area (Å²) in [5.41, 5.74) is 4.30. The molecule has 3 nitrogen and oxygen atoms in total. The third kappa shape index (κ3) is 2.89. The van der Waals surface area contributed by atoms with Crippen LogP contribution in [0.1, 0.15) is 16.7 Å². The van der Waals surface area contributed by atoms with Crippen LogP contribution in [0.3, 0.4) is 0 Å². The van der Waals surface area contributed by atoms with Crippen molar-refractivity contribution in [3.63, 3.8) is 0 Å². The van der Waals surface area contributed by atoms with Gasteiger partial charge in [-0.15, -0.1) is 0 Å². The van der Waals surface area contributed by atoms with Crippen LogP contribution in [0.4, 0.5) is 0 Å². The number of pyridine rings is 1. The van der Waals surface area contributed by atoms with Gasteiger partial charge < -0.3 is 5.32 Å². The summed E-state index contributed by atoms with van der Waals surface area (Å²) in [4.78, 5) is 6.66. The van der Waals surface area contributed by atoms with Gasteiger partial charge >= 0.3 is 0 Å². The van der Waals surface area contributed by atoms with Crippen molar-refractivity contribution in [3.05, 3.63) is 65.5 Å². The Labute approximate surface area is 120 Å². The molecule has 1 aliphatic heterocycles. The van der Waals surface area contributed by atoms with Gasteiger partial charge in [0.25, 0.3) is 0 Å². The molecule has 1 atom stereocenters. The number of nitrogens with one attached hydrogen (secondary N) is 1. The summed E-state index contributed by atoms with van der Waals surface area (Å²) in [6, 6.07) is 13.6. The molecule has 3 heteroatoms. The minimum atomic E-state index is 0.558. The highest BCUT2D eigenvalue weighted by molar-refractivity contribution is 5.30. The minimum absolute atomic E-state index is 0.558. The number of fused-ring (bicyclic) bond motifs is 1. The first-order valence-corrected chi connectivity index (χ1v) is 7.21. The number of benzene rings is 1. The predicted molar refractivity (Wildman–Crippen MR) is 81.3 cm³/mol. The predicted octanol–water partition coefficient (Wildman–Crippen LogP) is 2.23. The summed E-state index contributed by atoms with van der Waals surface area (Å²) in [5.74, 6) is 0. The van der Waals surface area contributed by atoms with Gasteiger partial charge in [-0.05, 0) is 42.3 Å². The van der Waals surface area contributed by atoms with E-state index in [2.05, 4.69) is 51.6 Å². The van der Waals surface area contributed by atoms with E-state index in [4.69, 9.17) is 0 Å². The summed E-state index contributed by atoms with van der Waals surface area (Å²) in [6.45, 7) is 3.05. The Morgan fingerprint density at radius 2 is 1.90 bits per heavy atom. The van der Waals surface area contributed by atoms with E-state index in [9.17, 15) is 0 Å². The average molecular weight is 267 g/mol. The van der Waals surface area contributed by atoms with E-state index in [0.29, 0.717) is 6.04 Å². The fourth-order valence-electron chi connectivity index (χ4n) is 2.99. The zero-order chi connectivity index (χ0) is 13.8. The van der Waals surface area contributed by atoms with Crippen molar-refractivity contribution >= 4 is 0 Å². The quantitative estimate of drug-likeness (QED) is 0.920. The SMILES string of the molecule is CNCC1Cc2ccccc2CN1Cc1ccncc1. The molecule has 0 spiro atoms. The highest BCUT2D eigenvalue weighted by atomic mass is 15.2. The van der Waals surface area contributed by atoms with Crippen LogP contribution in [0.25, 0.3) is 0 Å². The molecule has 0 aliphatic carbocycles. The maximum Gasteiger partial charge on any atom is 0.0271 e. The fourth-order valence-corrected chi connectivity index (χ4v) is 2.99. The van der Waals surface area contributed by atoms with E-state index < -0.39 is 0 Å². The fraction of sp³-hybridized carbons (Fsp3) is 0.353. The summed E-state index contributed by atoms with van der Waals surface area (Å²) in [5, 5.41) is 3.33. The smallest absolute Gasteiger partial charge is 0.0271 e. The Morgan fingerprint density at radius 1 is 1.15 bits per heavy atom. The normalized spacial score (nSPS) is 18.8. The standard InChI is InChI=1S/C17H21N3/c1-18-11-17-10-15-4-2-3-5-16(15)13-20(17)12-14-6-8-19-9-7-14/h2-9,17-18H,10-13H2,1H3. The Hall–Kier alpha value is -1.71. The van der Waals surface area contributed by atoms with Crippen molar-refractivity contribution in [3.8, 4) is 0 Å². The molecule has 20 heavy (non-hydrogen) atoms. The van der Waals surface area contributed by atoms with Crippen LogP contribution in [0.5, 0.6) is 0 Å². The lowest BCUT2D eigenvalue weighted by atomic mass is 9.93. The van der Waals surface area contributed by atoms with Crippen molar-refractivity contribution in [2.75, 3.05) is 13.6 Å². The topological polar surface area (TPSA) is 28.2 Å². The van der Waals surface area contributed by atoms with Crippen molar-refractivity contribution < 1.29 is 0 Å². The second-order valence-corrected chi connectivity index (χ2v) is 5.44. The molecule has 0 saturated carbocycles. The molecule has 0 fully saturated rings. The maximum absolute atomic E-state index is 4.10. The summed E-state index contributed by atoms with van der Waals surface area (Å²) < 4.78 is 0. The van der Waals surface area contributed by atoms with Crippen LogP contribution in [0.2, 0.25) is 0 Å². The van der Waals surface area contributed by atoms with E-state index >= 15 is 0 Å². The number of likely N-dealkylation sites (N-methyl/N-ethyl adjacent to an activating group) is 1. The molecule has 0 radical (unpaired) electrons. The lowest BCUT2D eigenvalue weighted by Gasteiger charge is -2.37. The lowest BCUT2D eigenvalue weighted by Crippen LogP contribution is -2.45. The van der Waals surface area contributed by atoms with Gasteiger partial charge in [0, 0.05) is 38.1 Å². The van der Waals surface area contributed by atoms with E-state index in [0.717, 1.165) is 26.1 Å². The summed E-state index contributed by atoms with van der Waals surface area (Å²) in [6.07, 6.45) is 4.88. The van der Waals surface area contributed by atoms with Gasteiger partial charge in [0.05, 0.1) is 0 Å². The Bertz CT molecular complexity index is 553. The van der Waals surface area contributed by atoms with Crippen LogP contribution < -0.4 is 5.32 Å². The van der Waals surface area contributed by atoms with Crippen LogP contribution in [-0.4, -0.2) is 29.5 Å². The van der Waals surface area contributed by atoms with Crippen molar-refractivity contribution in [2.45, 2.75) is 25.6 Å². The van der Waals surface area contributed by atoms with Crippen molar-refractivity contribution in [2.24, 2.45) is 0 Å². The largest absolute Gasteiger partial charge is 0.318 e. The molecule has 1 N–H and O–H groups in total. The number of aromatic nitrogens is 1. The first-order valence-electron chi connectivity index (χ1n) is 7.21. The van der Waals surface area contributed by atoms with Crippen LogP contribution in [0.15, 0.2) is 48.8 Å². The van der Waals surface area contributed by atoms with E-state index in [1.54, 1.807) is 0 Å². The van der Waals surface area contributed by atoms with E-state index in [1.165, 1.54) is 16.7 Å². The van der Waals surface area contributed by atoms with Gasteiger partial charge in [0.2, 0.25) is 0 Å². The molecule has 2 aromatic rings. The molecule has 1 aromatic carbocycles. The summed E-state index contributed by atoms with van der Waals surface area (Å²) in [7, 11) is 2.03. The van der Waals surface area contributed by atoms with Gasteiger partial charge in [0.15, 0.2) is 0 Å². The zero-order valence-corrected chi connectivity index (χ0v) is 11.9. The molecule has 104 valence electrons. The van der Waals surface area contributed by atoms with Crippen molar-refractivity contribution in [1.29, 1.82) is 0 Å². The van der Waals surface area contributed by atoms with Gasteiger partial charge in [-0.25, -0.2) is 0 Å². The molecule has 1 aliphatic rings. The Balaban J connectivity index is 1.81. The number of nitrogens with zero attached hydrogens (tertiary/aromatic N) is 2. The monoisotopic (exact) mass is 267 g/mol. The van der Waals surface area contributed by atoms with Crippen LogP contribution in [0, 0.1) is 0 Å². The highest BCUT2D eigenvalue weighted by Gasteiger charge is 2.25. The molecular formula is C17H21N3. The van der Waals surface area contributed by atoms with E-state index in [-0.39, 0.29) is 0 Å². The van der Waals surface area contributed by atoms with E-state index in [1.807, 2.05) is 19.4 Å². The molecule has 0 amide bonds. The van der Waals surface area contributed by atoms with Gasteiger partial charge in [-0.3, -0.25) is 9.88 Å². The molecule has 0 bridgehead atoms. The van der Waals surface area contributed by atoms with Gasteiger partial charge in [-0.1, -0.05) is 24.3 Å². The molecular weight excluding hydrogens is 246 g/mol. The third-order valence-corrected chi connectivity index (χ3v) is 4.04. The zero-order valence-electron chi connectivity index (χ0n) is 11.9. The highest BCUT2D eigenvalue weighted by Crippen LogP contribution is 2.24. The molecule has 1 aromatic heterocycles. The van der Waals surface area contributed by atoms with Gasteiger partial charge in [0.1, 0.15) is 0 Å². The first-order chi connectivity index (χ1) is 9.86. The number of rotatable bonds is 4. The minimum Gasteiger partial charge on any atom is -0.318 e. The summed E-state index contributed by atoms with van der Waals surface area (Å²) >= 11 is 0.